The van der Waals surface area contributed by atoms with Crippen molar-refractivity contribution in [3.8, 4) is 0 Å². The minimum Gasteiger partial charge on any atom is -0.296 e. The first-order valence-electron chi connectivity index (χ1n) is 6.92. The van der Waals surface area contributed by atoms with Gasteiger partial charge in [-0.1, -0.05) is 17.7 Å². The minimum absolute atomic E-state index is 0.318. The second kappa shape index (κ2) is 6.64. The van der Waals surface area contributed by atoms with Crippen LogP contribution in [0, 0.1) is 0 Å². The molecule has 0 N–H and O–H groups in total. The Morgan fingerprint density at radius 3 is 2.55 bits per heavy atom. The molecule has 1 aliphatic heterocycles. The fraction of sp³-hybridized carbons (Fsp3) is 0.357. The topological polar surface area (TPSA) is 53.5 Å². The van der Waals surface area contributed by atoms with E-state index in [-0.39, 0.29) is 0 Å². The number of nitrogens with zero attached hydrogens (tertiary/aromatic N) is 3. The second-order valence-electron chi connectivity index (χ2n) is 5.10. The third-order valence-electron chi connectivity index (χ3n) is 3.60. The van der Waals surface area contributed by atoms with Crippen molar-refractivity contribution in [3.05, 3.63) is 46.6 Å². The van der Waals surface area contributed by atoms with E-state index in [4.69, 9.17) is 11.6 Å². The van der Waals surface area contributed by atoms with Crippen LogP contribution in [0.4, 0.5) is 0 Å². The molecule has 0 atom stereocenters. The Hall–Kier alpha value is -0.990. The van der Waals surface area contributed by atoms with E-state index in [2.05, 4.69) is 9.88 Å². The molecule has 0 saturated carbocycles. The minimum atomic E-state index is -3.41. The van der Waals surface area contributed by atoms with Gasteiger partial charge in [0.15, 0.2) is 0 Å². The molecule has 2 aromatic rings. The first kappa shape index (κ1) is 15.9. The van der Waals surface area contributed by atoms with Gasteiger partial charge in [-0.05, 0) is 23.8 Å². The van der Waals surface area contributed by atoms with E-state index in [1.165, 1.54) is 4.31 Å². The number of aromatic nitrogens is 1. The lowest BCUT2D eigenvalue weighted by Crippen LogP contribution is -2.48. The molecular weight excluding hydrogens is 342 g/mol. The predicted molar refractivity (Wildman–Crippen MR) is 87.6 cm³/mol. The van der Waals surface area contributed by atoms with Crippen LogP contribution in [0.1, 0.15) is 5.56 Å². The molecule has 1 fully saturated rings. The summed E-state index contributed by atoms with van der Waals surface area (Å²) in [5.74, 6) is 0. The summed E-state index contributed by atoms with van der Waals surface area (Å²) in [6.07, 6.45) is 3.59. The largest absolute Gasteiger partial charge is 0.296 e. The van der Waals surface area contributed by atoms with Crippen molar-refractivity contribution in [2.45, 2.75) is 10.8 Å². The Morgan fingerprint density at radius 2 is 1.95 bits per heavy atom. The molecule has 0 aliphatic carbocycles. The van der Waals surface area contributed by atoms with Crippen LogP contribution in [-0.4, -0.2) is 48.8 Å². The van der Waals surface area contributed by atoms with Crippen LogP contribution < -0.4 is 0 Å². The highest BCUT2D eigenvalue weighted by molar-refractivity contribution is 7.91. The molecule has 0 bridgehead atoms. The number of piperazine rings is 1. The van der Waals surface area contributed by atoms with Crippen LogP contribution in [0.2, 0.25) is 4.34 Å². The first-order valence-corrected chi connectivity index (χ1v) is 9.56. The third kappa shape index (κ3) is 3.49. The standard InChI is InChI=1S/C14H16ClN3O2S2/c15-13-3-4-14(21-13)22(19,20)18-8-6-17(7-9-18)11-12-2-1-5-16-10-12/h1-5,10H,6-9,11H2. The van der Waals surface area contributed by atoms with Gasteiger partial charge in [-0.25, -0.2) is 8.42 Å². The fourth-order valence-corrected chi connectivity index (χ4v) is 5.50. The third-order valence-corrected chi connectivity index (χ3v) is 7.20. The number of hydrogen-bond acceptors (Lipinski definition) is 5. The van der Waals surface area contributed by atoms with Crippen LogP contribution in [-0.2, 0) is 16.6 Å². The molecule has 5 nitrogen and oxygen atoms in total. The number of sulfonamides is 1. The first-order chi connectivity index (χ1) is 10.6. The van der Waals surface area contributed by atoms with Crippen LogP contribution in [0.3, 0.4) is 0 Å². The Morgan fingerprint density at radius 1 is 1.18 bits per heavy atom. The van der Waals surface area contributed by atoms with Gasteiger partial charge in [-0.15, -0.1) is 11.3 Å². The highest BCUT2D eigenvalue weighted by Gasteiger charge is 2.29. The van der Waals surface area contributed by atoms with Crippen LogP contribution >= 0.6 is 22.9 Å². The smallest absolute Gasteiger partial charge is 0.252 e. The van der Waals surface area contributed by atoms with Crippen molar-refractivity contribution in [2.75, 3.05) is 26.2 Å². The zero-order chi connectivity index (χ0) is 15.6. The number of thiophene rings is 1. The van der Waals surface area contributed by atoms with E-state index in [9.17, 15) is 8.42 Å². The maximum absolute atomic E-state index is 12.5. The van der Waals surface area contributed by atoms with Gasteiger partial charge in [0.2, 0.25) is 0 Å². The zero-order valence-electron chi connectivity index (χ0n) is 11.9. The van der Waals surface area contributed by atoms with E-state index in [0.29, 0.717) is 34.7 Å². The summed E-state index contributed by atoms with van der Waals surface area (Å²) in [6, 6.07) is 7.14. The van der Waals surface area contributed by atoms with Crippen molar-refractivity contribution < 1.29 is 8.42 Å². The van der Waals surface area contributed by atoms with E-state index in [1.54, 1.807) is 18.3 Å². The molecule has 0 radical (unpaired) electrons. The van der Waals surface area contributed by atoms with E-state index in [0.717, 1.165) is 23.4 Å². The summed E-state index contributed by atoms with van der Waals surface area (Å²) >= 11 is 6.95. The average Bonchev–Trinajstić information content (AvgIpc) is 2.96. The van der Waals surface area contributed by atoms with Gasteiger partial charge in [0.05, 0.1) is 4.34 Å². The summed E-state index contributed by atoms with van der Waals surface area (Å²) in [4.78, 5) is 6.34. The summed E-state index contributed by atoms with van der Waals surface area (Å²) < 4.78 is 27.4. The van der Waals surface area contributed by atoms with Gasteiger partial charge in [-0.2, -0.15) is 4.31 Å². The number of pyridine rings is 1. The number of hydrogen-bond donors (Lipinski definition) is 0. The summed E-state index contributed by atoms with van der Waals surface area (Å²) in [7, 11) is -3.41. The van der Waals surface area contributed by atoms with Crippen LogP contribution in [0.15, 0.2) is 40.9 Å². The quantitative estimate of drug-likeness (QED) is 0.842. The zero-order valence-corrected chi connectivity index (χ0v) is 14.2. The Balaban J connectivity index is 1.62. The molecule has 0 aromatic carbocycles. The van der Waals surface area contributed by atoms with E-state index >= 15 is 0 Å². The number of rotatable bonds is 4. The van der Waals surface area contributed by atoms with Gasteiger partial charge in [0, 0.05) is 45.1 Å². The molecular formula is C14H16ClN3O2S2. The summed E-state index contributed by atoms with van der Waals surface area (Å²) in [6.45, 7) is 3.23. The maximum atomic E-state index is 12.5. The Kier molecular flexibility index (Phi) is 4.79. The van der Waals surface area contributed by atoms with Crippen molar-refractivity contribution in [1.29, 1.82) is 0 Å². The van der Waals surface area contributed by atoms with Crippen LogP contribution in [0.5, 0.6) is 0 Å². The van der Waals surface area contributed by atoms with Gasteiger partial charge in [0.25, 0.3) is 10.0 Å². The Labute approximate surface area is 139 Å². The lowest BCUT2D eigenvalue weighted by atomic mass is 10.2. The molecule has 3 rings (SSSR count). The van der Waals surface area contributed by atoms with Gasteiger partial charge >= 0.3 is 0 Å². The van der Waals surface area contributed by atoms with Gasteiger partial charge < -0.3 is 0 Å². The molecule has 118 valence electrons. The fourth-order valence-electron chi connectivity index (χ4n) is 2.44. The molecule has 3 heterocycles. The van der Waals surface area contributed by atoms with Crippen molar-refractivity contribution in [1.82, 2.24) is 14.2 Å². The summed E-state index contributed by atoms with van der Waals surface area (Å²) in [5.41, 5.74) is 1.14. The van der Waals surface area contributed by atoms with E-state index < -0.39 is 10.0 Å². The molecule has 0 unspecified atom stereocenters. The van der Waals surface area contributed by atoms with Crippen molar-refractivity contribution in [3.63, 3.8) is 0 Å². The highest BCUT2D eigenvalue weighted by Crippen LogP contribution is 2.28. The monoisotopic (exact) mass is 357 g/mol. The molecule has 22 heavy (non-hydrogen) atoms. The lowest BCUT2D eigenvalue weighted by Gasteiger charge is -2.33. The molecule has 1 aliphatic rings. The molecule has 8 heteroatoms. The average molecular weight is 358 g/mol. The Bertz CT molecular complexity index is 726. The van der Waals surface area contributed by atoms with Crippen molar-refractivity contribution in [2.24, 2.45) is 0 Å². The molecule has 0 spiro atoms. The number of halogens is 1. The SMILES string of the molecule is O=S(=O)(c1ccc(Cl)s1)N1CCN(Cc2cccnc2)CC1. The van der Waals surface area contributed by atoms with Crippen molar-refractivity contribution >= 4 is 33.0 Å². The molecule has 2 aromatic heterocycles. The molecule has 1 saturated heterocycles. The van der Waals surface area contributed by atoms with Gasteiger partial charge in [-0.3, -0.25) is 9.88 Å². The lowest BCUT2D eigenvalue weighted by molar-refractivity contribution is 0.181. The second-order valence-corrected chi connectivity index (χ2v) is 8.98. The van der Waals surface area contributed by atoms with Gasteiger partial charge in [0.1, 0.15) is 4.21 Å². The molecule has 0 amide bonds. The predicted octanol–water partition coefficient (Wildman–Crippen LogP) is 2.30. The summed E-state index contributed by atoms with van der Waals surface area (Å²) in [5, 5.41) is 0. The maximum Gasteiger partial charge on any atom is 0.252 e. The highest BCUT2D eigenvalue weighted by atomic mass is 35.5. The van der Waals surface area contributed by atoms with E-state index in [1.807, 2.05) is 18.3 Å². The van der Waals surface area contributed by atoms with Crippen LogP contribution in [0.25, 0.3) is 0 Å². The normalized spacial score (nSPS) is 17.7.